The molecular formula is C76H85N8O7P. The number of nitrogens with zero attached hydrogens (tertiary/aromatic N) is 6. The summed E-state index contributed by atoms with van der Waals surface area (Å²) in [6.07, 6.45) is 0.772. The number of hydrogen-bond acceptors (Lipinski definition) is 8. The first-order valence-corrected chi connectivity index (χ1v) is 33.0. The van der Waals surface area contributed by atoms with Crippen LogP contribution in [0.5, 0.6) is 0 Å². The van der Waals surface area contributed by atoms with Crippen molar-refractivity contribution in [3.8, 4) is 0 Å². The zero-order chi connectivity index (χ0) is 65.5. The molecule has 0 spiro atoms. The van der Waals surface area contributed by atoms with Crippen LogP contribution in [-0.4, -0.2) is 129 Å². The number of nitrogens with two attached hydrogens (primary N) is 1. The summed E-state index contributed by atoms with van der Waals surface area (Å²) in [6, 6.07) is 72.7. The Balaban J connectivity index is 1.10. The average molecular weight is 1250 g/mol. The summed E-state index contributed by atoms with van der Waals surface area (Å²) in [5.41, 5.74) is 10.3. The molecule has 0 saturated carbocycles. The van der Waals surface area contributed by atoms with Gasteiger partial charge in [-0.3, -0.25) is 33.6 Å². The van der Waals surface area contributed by atoms with Gasteiger partial charge < -0.3 is 40.4 Å². The molecule has 476 valence electrons. The number of rotatable bonds is 31. The third kappa shape index (κ3) is 18.5. The largest absolute Gasteiger partial charge is 0.368 e. The Bertz CT molecular complexity index is 3600. The number of carbonyl (C=O) groups excluding carboxylic acids is 7. The molecule has 8 aromatic rings. The van der Waals surface area contributed by atoms with Crippen LogP contribution in [0.1, 0.15) is 111 Å². The van der Waals surface area contributed by atoms with Crippen LogP contribution in [0.4, 0.5) is 0 Å². The van der Waals surface area contributed by atoms with Crippen LogP contribution in [-0.2, 0) is 33.6 Å². The van der Waals surface area contributed by atoms with E-state index in [9.17, 15) is 14.4 Å². The lowest BCUT2D eigenvalue weighted by molar-refractivity contribution is -0.152. The number of benzene rings is 8. The van der Waals surface area contributed by atoms with Crippen molar-refractivity contribution in [2.24, 2.45) is 5.73 Å². The molecule has 3 N–H and O–H groups in total. The van der Waals surface area contributed by atoms with Crippen LogP contribution in [0.25, 0.3) is 0 Å². The van der Waals surface area contributed by atoms with E-state index in [1.165, 1.54) is 35.1 Å². The van der Waals surface area contributed by atoms with E-state index in [0.717, 1.165) is 28.4 Å². The normalized spacial score (nSPS) is 13.1. The zero-order valence-corrected chi connectivity index (χ0v) is 54.4. The highest BCUT2D eigenvalue weighted by molar-refractivity contribution is 7.73. The van der Waals surface area contributed by atoms with Crippen molar-refractivity contribution in [2.45, 2.75) is 77.8 Å². The first kappa shape index (κ1) is 68.4. The minimum Gasteiger partial charge on any atom is -0.368 e. The van der Waals surface area contributed by atoms with Gasteiger partial charge in [0.25, 0.3) is 0 Å². The van der Waals surface area contributed by atoms with Gasteiger partial charge >= 0.3 is 0 Å². The van der Waals surface area contributed by atoms with Crippen molar-refractivity contribution >= 4 is 59.9 Å². The quantitative estimate of drug-likeness (QED) is 0.0319. The molecule has 0 unspecified atom stereocenters. The van der Waals surface area contributed by atoms with E-state index in [4.69, 9.17) is 5.73 Å². The minimum atomic E-state index is -0.738. The second-order valence-corrected chi connectivity index (χ2v) is 25.5. The van der Waals surface area contributed by atoms with Gasteiger partial charge in [0.15, 0.2) is 0 Å². The Morgan fingerprint density at radius 3 is 0.717 bits per heavy atom. The molecule has 0 saturated heterocycles. The summed E-state index contributed by atoms with van der Waals surface area (Å²) in [5.74, 6) is -3.74. The standard InChI is InChI=1S/C76H85N8O7P/c1-56(62-31-15-7-16-32-62)79(50-70(77)85)72(87)52-81(58(3)64-35-19-9-20-36-64)74(89)54-83(60(5)66-39-23-11-24-40-66)76(91)55-84(61(6)67-41-25-12-26-42-67)75(90)53-82(59(4)65-37-21-10-22-38-65)73(88)51-80(57(2)63-33-17-8-18-34-63)71(86)49-78-47-48-92(68-43-27-13-28-44-68)69-45-29-14-30-46-69/h7-46,56-61,78H,47-55H2,1-6H3,(H2,77,85)/t56-,57-,58-,59-,60-,61-/m0/s1. The highest BCUT2D eigenvalue weighted by atomic mass is 31.1. The Labute approximate surface area is 543 Å². The predicted molar refractivity (Wildman–Crippen MR) is 365 cm³/mol. The summed E-state index contributed by atoms with van der Waals surface area (Å²) < 4.78 is 0. The van der Waals surface area contributed by atoms with Gasteiger partial charge in [-0.25, -0.2) is 0 Å². The van der Waals surface area contributed by atoms with Crippen LogP contribution < -0.4 is 21.7 Å². The van der Waals surface area contributed by atoms with E-state index in [2.05, 4.69) is 29.6 Å². The third-order valence-electron chi connectivity index (χ3n) is 17.2. The molecule has 0 aromatic heterocycles. The van der Waals surface area contributed by atoms with Crippen LogP contribution in [0.2, 0.25) is 0 Å². The highest BCUT2D eigenvalue weighted by Gasteiger charge is 2.37. The lowest BCUT2D eigenvalue weighted by Crippen LogP contribution is -2.53. The van der Waals surface area contributed by atoms with Crippen molar-refractivity contribution in [2.75, 3.05) is 58.5 Å². The Morgan fingerprint density at radius 1 is 0.304 bits per heavy atom. The average Bonchev–Trinajstić information content (AvgIpc) is 1.00. The van der Waals surface area contributed by atoms with Crippen LogP contribution in [0.15, 0.2) is 243 Å². The molecule has 0 radical (unpaired) electrons. The molecule has 92 heavy (non-hydrogen) atoms. The molecule has 8 aromatic carbocycles. The van der Waals surface area contributed by atoms with Crippen LogP contribution >= 0.6 is 7.92 Å². The molecule has 16 heteroatoms. The van der Waals surface area contributed by atoms with Gasteiger partial charge in [0.2, 0.25) is 41.4 Å². The molecule has 0 aliphatic rings. The maximum Gasteiger partial charge on any atom is 0.243 e. The second kappa shape index (κ2) is 34.0. The maximum absolute atomic E-state index is 15.7. The molecule has 0 fully saturated rings. The summed E-state index contributed by atoms with van der Waals surface area (Å²) >= 11 is 0. The van der Waals surface area contributed by atoms with Gasteiger partial charge in [-0.2, -0.15) is 0 Å². The number of amides is 7. The fourth-order valence-electron chi connectivity index (χ4n) is 11.6. The van der Waals surface area contributed by atoms with E-state index < -0.39 is 112 Å². The fraction of sp³-hybridized carbons (Fsp3) is 0.276. The Hall–Kier alpha value is -9.56. The van der Waals surface area contributed by atoms with Gasteiger partial charge in [0.1, 0.15) is 32.7 Å². The fourth-order valence-corrected chi connectivity index (χ4v) is 13.8. The van der Waals surface area contributed by atoms with E-state index in [-0.39, 0.29) is 19.0 Å². The van der Waals surface area contributed by atoms with Gasteiger partial charge in [-0.1, -0.05) is 243 Å². The summed E-state index contributed by atoms with van der Waals surface area (Å²) in [6.45, 7) is 8.72. The predicted octanol–water partition coefficient (Wildman–Crippen LogP) is 10.7. The lowest BCUT2D eigenvalue weighted by Gasteiger charge is -2.38. The molecule has 0 aliphatic carbocycles. The summed E-state index contributed by atoms with van der Waals surface area (Å²) in [4.78, 5) is 113. The second-order valence-electron chi connectivity index (χ2n) is 23.1. The number of carbonyl (C=O) groups is 7. The van der Waals surface area contributed by atoms with E-state index >= 15 is 19.2 Å². The third-order valence-corrected chi connectivity index (χ3v) is 19.7. The SMILES string of the molecule is C[C@@H](c1ccccc1)N(CC(N)=O)C(=O)CN(C(=O)CN(C(=O)CN(C(=O)CN(C(=O)CN(C(=O)CNCCP(c1ccccc1)c1ccccc1)[C@@H](C)c1ccccc1)[C@@H](C)c1ccccc1)[C@@H](C)c1ccccc1)[C@@H](C)c1ccccc1)[C@@H](C)c1ccccc1. The molecular weight excluding hydrogens is 1170 g/mol. The molecule has 6 atom stereocenters. The first-order valence-electron chi connectivity index (χ1n) is 31.4. The van der Waals surface area contributed by atoms with Gasteiger partial charge in [-0.15, -0.1) is 0 Å². The number of primary amides is 1. The van der Waals surface area contributed by atoms with Gasteiger partial charge in [-0.05, 0) is 99.6 Å². The van der Waals surface area contributed by atoms with Crippen molar-refractivity contribution < 1.29 is 33.6 Å². The van der Waals surface area contributed by atoms with Crippen molar-refractivity contribution in [3.05, 3.63) is 276 Å². The summed E-state index contributed by atoms with van der Waals surface area (Å²) in [7, 11) is -0.738. The molecule has 15 nitrogen and oxygen atoms in total. The molecule has 0 heterocycles. The topological polar surface area (TPSA) is 177 Å². The van der Waals surface area contributed by atoms with Gasteiger partial charge in [0.05, 0.1) is 49.3 Å². The molecule has 7 amide bonds. The Kier molecular flexibility index (Phi) is 25.3. The lowest BCUT2D eigenvalue weighted by atomic mass is 10.0. The van der Waals surface area contributed by atoms with Crippen LogP contribution in [0.3, 0.4) is 0 Å². The molecule has 8 rings (SSSR count). The molecule has 0 bridgehead atoms. The van der Waals surface area contributed by atoms with E-state index in [1.54, 1.807) is 11.8 Å². The maximum atomic E-state index is 15.7. The summed E-state index contributed by atoms with van der Waals surface area (Å²) in [5, 5.41) is 5.88. The van der Waals surface area contributed by atoms with Crippen molar-refractivity contribution in [3.63, 3.8) is 0 Å². The highest BCUT2D eigenvalue weighted by Crippen LogP contribution is 2.34. The first-order chi connectivity index (χ1) is 44.5. The monoisotopic (exact) mass is 1250 g/mol. The number of nitrogens with one attached hydrogen (secondary N) is 1. The smallest absolute Gasteiger partial charge is 0.243 e. The van der Waals surface area contributed by atoms with Crippen molar-refractivity contribution in [1.29, 1.82) is 0 Å². The zero-order valence-electron chi connectivity index (χ0n) is 53.5. The van der Waals surface area contributed by atoms with E-state index in [1.807, 2.05) is 253 Å². The molecule has 0 aliphatic heterocycles. The Morgan fingerprint density at radius 2 is 0.500 bits per heavy atom. The van der Waals surface area contributed by atoms with Gasteiger partial charge in [0, 0.05) is 6.54 Å². The van der Waals surface area contributed by atoms with Crippen molar-refractivity contribution in [1.82, 2.24) is 34.7 Å². The van der Waals surface area contributed by atoms with Crippen LogP contribution in [0, 0.1) is 0 Å². The number of hydrogen-bond donors (Lipinski definition) is 2. The van der Waals surface area contributed by atoms with E-state index in [0.29, 0.717) is 17.7 Å². The minimum absolute atomic E-state index is 0.0459.